The molecule has 5 nitrogen and oxygen atoms in total. The van der Waals surface area contributed by atoms with Gasteiger partial charge in [0.15, 0.2) is 0 Å². The molecular formula is C17H12F3N3O2. The molecule has 25 heavy (non-hydrogen) atoms. The van der Waals surface area contributed by atoms with Gasteiger partial charge >= 0.3 is 12.4 Å². The van der Waals surface area contributed by atoms with Crippen LogP contribution in [0.2, 0.25) is 0 Å². The second-order valence-electron chi connectivity index (χ2n) is 5.03. The van der Waals surface area contributed by atoms with Gasteiger partial charge in [-0.25, -0.2) is 4.79 Å². The number of para-hydroxylation sites is 1. The summed E-state index contributed by atoms with van der Waals surface area (Å²) in [6, 6.07) is 13.3. The number of alkyl halides is 3. The Balaban J connectivity index is 1.68. The second-order valence-corrected chi connectivity index (χ2v) is 5.03. The van der Waals surface area contributed by atoms with E-state index in [9.17, 15) is 18.0 Å². The zero-order valence-electron chi connectivity index (χ0n) is 12.7. The third-order valence-corrected chi connectivity index (χ3v) is 3.24. The van der Waals surface area contributed by atoms with Gasteiger partial charge < -0.3 is 15.4 Å². The van der Waals surface area contributed by atoms with Crippen molar-refractivity contribution >= 4 is 28.3 Å². The molecule has 0 bridgehead atoms. The Bertz CT molecular complexity index is 890. The van der Waals surface area contributed by atoms with Crippen LogP contribution in [0.4, 0.5) is 29.3 Å². The van der Waals surface area contributed by atoms with E-state index in [1.807, 2.05) is 24.3 Å². The number of nitrogens with zero attached hydrogens (tertiary/aromatic N) is 1. The number of ether oxygens (including phenoxy) is 1. The third-order valence-electron chi connectivity index (χ3n) is 3.24. The average Bonchev–Trinajstić information content (AvgIpc) is 2.56. The highest BCUT2D eigenvalue weighted by molar-refractivity contribution is 6.05. The van der Waals surface area contributed by atoms with Crippen LogP contribution in [-0.2, 0) is 0 Å². The van der Waals surface area contributed by atoms with E-state index in [0.29, 0.717) is 11.4 Å². The summed E-state index contributed by atoms with van der Waals surface area (Å²) in [4.78, 5) is 16.3. The molecule has 0 aliphatic carbocycles. The lowest BCUT2D eigenvalue weighted by molar-refractivity contribution is -0.274. The Hall–Kier alpha value is -3.29. The monoisotopic (exact) mass is 347 g/mol. The molecule has 0 aliphatic heterocycles. The molecule has 0 unspecified atom stereocenters. The maximum Gasteiger partial charge on any atom is 0.573 e. The van der Waals surface area contributed by atoms with E-state index in [1.165, 1.54) is 12.1 Å². The first kappa shape index (κ1) is 16.6. The van der Waals surface area contributed by atoms with Gasteiger partial charge in [0.05, 0.1) is 11.2 Å². The molecule has 128 valence electrons. The van der Waals surface area contributed by atoms with Crippen LogP contribution in [0, 0.1) is 0 Å². The van der Waals surface area contributed by atoms with Gasteiger partial charge in [-0.3, -0.25) is 4.98 Å². The lowest BCUT2D eigenvalue weighted by Crippen LogP contribution is -2.20. The van der Waals surface area contributed by atoms with Crippen molar-refractivity contribution in [1.82, 2.24) is 4.98 Å². The summed E-state index contributed by atoms with van der Waals surface area (Å²) in [5, 5.41) is 6.00. The summed E-state index contributed by atoms with van der Waals surface area (Å²) < 4.78 is 40.1. The van der Waals surface area contributed by atoms with E-state index >= 15 is 0 Å². The molecule has 1 aromatic heterocycles. The topological polar surface area (TPSA) is 63.2 Å². The fraction of sp³-hybridized carbons (Fsp3) is 0.0588. The number of pyridine rings is 1. The van der Waals surface area contributed by atoms with Crippen LogP contribution in [0.15, 0.2) is 60.8 Å². The van der Waals surface area contributed by atoms with Crippen molar-refractivity contribution in [2.75, 3.05) is 10.6 Å². The van der Waals surface area contributed by atoms with Crippen molar-refractivity contribution in [1.29, 1.82) is 0 Å². The van der Waals surface area contributed by atoms with Gasteiger partial charge in [0.1, 0.15) is 5.75 Å². The van der Waals surface area contributed by atoms with Crippen molar-refractivity contribution in [2.45, 2.75) is 6.36 Å². The van der Waals surface area contributed by atoms with E-state index in [4.69, 9.17) is 0 Å². The Morgan fingerprint density at radius 1 is 0.960 bits per heavy atom. The van der Waals surface area contributed by atoms with E-state index in [-0.39, 0.29) is 5.75 Å². The number of halogens is 3. The number of rotatable bonds is 3. The summed E-state index contributed by atoms with van der Waals surface area (Å²) in [7, 11) is 0. The first-order chi connectivity index (χ1) is 11.9. The minimum atomic E-state index is -4.76. The quantitative estimate of drug-likeness (QED) is 0.717. The van der Waals surface area contributed by atoms with Crippen LogP contribution in [0.3, 0.4) is 0 Å². The number of carbonyl (C=O) groups is 1. The zero-order valence-corrected chi connectivity index (χ0v) is 12.7. The summed E-state index contributed by atoms with van der Waals surface area (Å²) in [6.45, 7) is 0. The largest absolute Gasteiger partial charge is 0.573 e. The van der Waals surface area contributed by atoms with Gasteiger partial charge in [-0.05, 0) is 36.4 Å². The predicted molar refractivity (Wildman–Crippen MR) is 87.5 cm³/mol. The lowest BCUT2D eigenvalue weighted by Gasteiger charge is -2.11. The lowest BCUT2D eigenvalue weighted by atomic mass is 10.2. The molecule has 0 fully saturated rings. The minimum absolute atomic E-state index is 0.324. The van der Waals surface area contributed by atoms with E-state index in [0.717, 1.165) is 23.0 Å². The number of aromatic nitrogens is 1. The summed E-state index contributed by atoms with van der Waals surface area (Å²) >= 11 is 0. The molecule has 8 heteroatoms. The summed E-state index contributed by atoms with van der Waals surface area (Å²) in [5.74, 6) is -0.362. The van der Waals surface area contributed by atoms with Crippen LogP contribution in [0.1, 0.15) is 0 Å². The van der Waals surface area contributed by atoms with Crippen LogP contribution >= 0.6 is 0 Å². The highest BCUT2D eigenvalue weighted by atomic mass is 19.4. The van der Waals surface area contributed by atoms with Gasteiger partial charge in [0.2, 0.25) is 0 Å². The molecule has 0 saturated carbocycles. The highest BCUT2D eigenvalue weighted by Gasteiger charge is 2.30. The molecule has 0 atom stereocenters. The smallest absolute Gasteiger partial charge is 0.406 e. The number of carbonyl (C=O) groups excluding carboxylic acids is 1. The molecular weight excluding hydrogens is 335 g/mol. The molecule has 2 aromatic carbocycles. The second kappa shape index (κ2) is 6.68. The van der Waals surface area contributed by atoms with Crippen molar-refractivity contribution < 1.29 is 22.7 Å². The standard InChI is InChI=1S/C17H12F3N3O2/c18-17(19,20)25-12-7-5-11(6-8-12)22-16(24)23-15-9-10-21-14-4-2-1-3-13(14)15/h1-10H,(H2,21,22,23,24). The Morgan fingerprint density at radius 3 is 2.40 bits per heavy atom. The first-order valence-electron chi connectivity index (χ1n) is 7.18. The Labute approximate surface area is 140 Å². The predicted octanol–water partition coefficient (Wildman–Crippen LogP) is 4.78. The van der Waals surface area contributed by atoms with Crippen LogP contribution in [0.5, 0.6) is 5.75 Å². The van der Waals surface area contributed by atoms with Crippen LogP contribution < -0.4 is 15.4 Å². The van der Waals surface area contributed by atoms with Gasteiger partial charge in [-0.15, -0.1) is 13.2 Å². The number of benzene rings is 2. The number of amides is 2. The maximum atomic E-state index is 12.1. The minimum Gasteiger partial charge on any atom is -0.406 e. The summed E-state index contributed by atoms with van der Waals surface area (Å²) in [5.41, 5.74) is 1.62. The molecule has 2 amide bonds. The molecule has 3 rings (SSSR count). The SMILES string of the molecule is O=C(Nc1ccc(OC(F)(F)F)cc1)Nc1ccnc2ccccc12. The first-order valence-corrected chi connectivity index (χ1v) is 7.18. The average molecular weight is 347 g/mol. The number of hydrogen-bond donors (Lipinski definition) is 2. The summed E-state index contributed by atoms with van der Waals surface area (Å²) in [6.07, 6.45) is -3.18. The third kappa shape index (κ3) is 4.37. The van der Waals surface area contributed by atoms with E-state index < -0.39 is 12.4 Å². The zero-order chi connectivity index (χ0) is 17.9. The highest BCUT2D eigenvalue weighted by Crippen LogP contribution is 2.24. The fourth-order valence-corrected chi connectivity index (χ4v) is 2.23. The maximum absolute atomic E-state index is 12.1. The molecule has 0 spiro atoms. The number of urea groups is 1. The Kier molecular flexibility index (Phi) is 4.42. The van der Waals surface area contributed by atoms with Crippen LogP contribution in [-0.4, -0.2) is 17.4 Å². The number of fused-ring (bicyclic) bond motifs is 1. The molecule has 0 radical (unpaired) electrons. The van der Waals surface area contributed by atoms with Gasteiger partial charge in [0, 0.05) is 17.3 Å². The van der Waals surface area contributed by atoms with Crippen LogP contribution in [0.25, 0.3) is 10.9 Å². The Morgan fingerprint density at radius 2 is 1.68 bits per heavy atom. The van der Waals surface area contributed by atoms with Crippen molar-refractivity contribution in [3.63, 3.8) is 0 Å². The molecule has 0 saturated heterocycles. The van der Waals surface area contributed by atoms with Gasteiger partial charge in [0.25, 0.3) is 0 Å². The van der Waals surface area contributed by atoms with Crippen molar-refractivity contribution in [2.24, 2.45) is 0 Å². The van der Waals surface area contributed by atoms with E-state index in [2.05, 4.69) is 20.4 Å². The molecule has 0 aliphatic rings. The number of anilines is 2. The van der Waals surface area contributed by atoms with Gasteiger partial charge in [-0.2, -0.15) is 0 Å². The van der Waals surface area contributed by atoms with Crippen molar-refractivity contribution in [3.8, 4) is 5.75 Å². The molecule has 2 N–H and O–H groups in total. The molecule has 1 heterocycles. The number of nitrogens with one attached hydrogen (secondary N) is 2. The van der Waals surface area contributed by atoms with Gasteiger partial charge in [-0.1, -0.05) is 18.2 Å². The fourth-order valence-electron chi connectivity index (χ4n) is 2.23. The number of hydrogen-bond acceptors (Lipinski definition) is 3. The normalized spacial score (nSPS) is 11.2. The van der Waals surface area contributed by atoms with E-state index in [1.54, 1.807) is 12.3 Å². The molecule has 3 aromatic rings. The van der Waals surface area contributed by atoms with Crippen molar-refractivity contribution in [3.05, 3.63) is 60.8 Å².